The van der Waals surface area contributed by atoms with Crippen molar-refractivity contribution in [3.63, 3.8) is 0 Å². The van der Waals surface area contributed by atoms with Gasteiger partial charge >= 0.3 is 0 Å². The smallest absolute Gasteiger partial charge is 0.268 e. The van der Waals surface area contributed by atoms with Crippen LogP contribution >= 0.6 is 34.3 Å². The highest BCUT2D eigenvalue weighted by atomic mass is 35.5. The Balaban J connectivity index is 2.07. The number of rotatable bonds is 3. The van der Waals surface area contributed by atoms with Crippen molar-refractivity contribution in [2.75, 3.05) is 0 Å². The van der Waals surface area contributed by atoms with Gasteiger partial charge in [-0.1, -0.05) is 11.6 Å². The average molecular weight is 376 g/mol. The fraction of sp³-hybridized carbons (Fsp3) is 0.111. The molecule has 2 heterocycles. The number of thiophene rings is 1. The van der Waals surface area contributed by atoms with E-state index in [1.54, 1.807) is 42.6 Å². The number of hydrogen-bond acceptors (Lipinski definition) is 4. The molecule has 122 valence electrons. The molecule has 3 rings (SSSR count). The lowest BCUT2D eigenvalue weighted by Crippen LogP contribution is -2.29. The predicted molar refractivity (Wildman–Crippen MR) is 102 cm³/mol. The quantitative estimate of drug-likeness (QED) is 0.660. The maximum Gasteiger partial charge on any atom is 0.268 e. The predicted octanol–water partition coefficient (Wildman–Crippen LogP) is 2.96. The first-order valence-electron chi connectivity index (χ1n) is 7.19. The topological polar surface area (TPSA) is 39.1 Å². The van der Waals surface area contributed by atoms with Crippen LogP contribution in [0.25, 0.3) is 12.2 Å². The molecule has 0 N–H and O–H groups in total. The van der Waals surface area contributed by atoms with Crippen molar-refractivity contribution in [3.05, 3.63) is 76.3 Å². The van der Waals surface area contributed by atoms with Gasteiger partial charge < -0.3 is 4.57 Å². The van der Waals surface area contributed by atoms with Crippen LogP contribution in [0.15, 0.2) is 40.5 Å². The highest BCUT2D eigenvalue weighted by Crippen LogP contribution is 2.15. The number of carbonyl (C=O) groups is 1. The second-order valence-corrected chi connectivity index (χ2v) is 7.74. The Labute approximate surface area is 151 Å². The molecule has 0 amide bonds. The summed E-state index contributed by atoms with van der Waals surface area (Å²) in [6, 6.07) is 8.72. The van der Waals surface area contributed by atoms with E-state index in [1.165, 1.54) is 22.0 Å². The van der Waals surface area contributed by atoms with E-state index in [9.17, 15) is 9.59 Å². The van der Waals surface area contributed by atoms with Crippen molar-refractivity contribution >= 4 is 52.2 Å². The maximum absolute atomic E-state index is 12.4. The Morgan fingerprint density at radius 3 is 2.54 bits per heavy atom. The maximum atomic E-state index is 12.4. The molecule has 0 aliphatic heterocycles. The van der Waals surface area contributed by atoms with Crippen molar-refractivity contribution in [2.45, 2.75) is 6.92 Å². The minimum absolute atomic E-state index is 0.0945. The molecule has 0 unspecified atom stereocenters. The van der Waals surface area contributed by atoms with Gasteiger partial charge in [-0.05, 0) is 54.3 Å². The SMILES string of the molecule is Cc1ccsc1/C=c1\s/c(=C\C(=O)c2ccc(Cl)cc2)n(C)c1=O. The molecule has 3 aromatic rings. The molecular weight excluding hydrogens is 362 g/mol. The Morgan fingerprint density at radius 1 is 1.21 bits per heavy atom. The van der Waals surface area contributed by atoms with Crippen LogP contribution in [0.5, 0.6) is 0 Å². The van der Waals surface area contributed by atoms with E-state index in [4.69, 9.17) is 11.6 Å². The second kappa shape index (κ2) is 6.89. The summed E-state index contributed by atoms with van der Waals surface area (Å²) in [4.78, 5) is 25.8. The third-order valence-corrected chi connectivity index (χ3v) is 5.94. The molecule has 0 bridgehead atoms. The highest BCUT2D eigenvalue weighted by molar-refractivity contribution is 7.11. The van der Waals surface area contributed by atoms with Crippen LogP contribution in [0.4, 0.5) is 0 Å². The first-order chi connectivity index (χ1) is 11.5. The van der Waals surface area contributed by atoms with Gasteiger partial charge in [0.15, 0.2) is 5.78 Å². The number of carbonyl (C=O) groups excluding carboxylic acids is 1. The summed E-state index contributed by atoms with van der Waals surface area (Å²) < 4.78 is 2.76. The summed E-state index contributed by atoms with van der Waals surface area (Å²) in [6.45, 7) is 2.01. The minimum atomic E-state index is -0.151. The molecule has 24 heavy (non-hydrogen) atoms. The van der Waals surface area contributed by atoms with Gasteiger partial charge in [-0.25, -0.2) is 0 Å². The van der Waals surface area contributed by atoms with E-state index >= 15 is 0 Å². The van der Waals surface area contributed by atoms with Crippen LogP contribution in [0, 0.1) is 6.92 Å². The third kappa shape index (κ3) is 3.43. The lowest BCUT2D eigenvalue weighted by molar-refractivity contribution is 0.106. The molecule has 6 heteroatoms. The van der Waals surface area contributed by atoms with Crippen molar-refractivity contribution in [2.24, 2.45) is 7.05 Å². The molecule has 0 saturated carbocycles. The molecule has 0 spiro atoms. The number of benzene rings is 1. The first kappa shape index (κ1) is 16.9. The van der Waals surface area contributed by atoms with Gasteiger partial charge in [-0.15, -0.1) is 22.7 Å². The van der Waals surface area contributed by atoms with Crippen LogP contribution in [-0.2, 0) is 7.05 Å². The van der Waals surface area contributed by atoms with E-state index in [0.717, 1.165) is 10.4 Å². The number of thiazole rings is 1. The summed E-state index contributed by atoms with van der Waals surface area (Å²) >= 11 is 8.75. The van der Waals surface area contributed by atoms with Gasteiger partial charge in [-0.3, -0.25) is 9.59 Å². The van der Waals surface area contributed by atoms with Gasteiger partial charge in [0.05, 0.1) is 4.53 Å². The molecule has 3 nitrogen and oxygen atoms in total. The fourth-order valence-corrected chi connectivity index (χ4v) is 4.24. The van der Waals surface area contributed by atoms with Gasteiger partial charge in [0.2, 0.25) is 0 Å². The second-order valence-electron chi connectivity index (χ2n) is 5.30. The third-order valence-electron chi connectivity index (χ3n) is 3.61. The Hall–Kier alpha value is -1.95. The number of aryl methyl sites for hydroxylation is 1. The molecule has 1 aromatic carbocycles. The van der Waals surface area contributed by atoms with Gasteiger partial charge in [0, 0.05) is 28.6 Å². The minimum Gasteiger partial charge on any atom is -0.302 e. The Bertz CT molecular complexity index is 1070. The van der Waals surface area contributed by atoms with Crippen LogP contribution in [0.3, 0.4) is 0 Å². The van der Waals surface area contributed by atoms with Gasteiger partial charge in [-0.2, -0.15) is 0 Å². The molecule has 0 radical (unpaired) electrons. The summed E-state index contributed by atoms with van der Waals surface area (Å²) in [6.07, 6.45) is 3.38. The Kier molecular flexibility index (Phi) is 4.85. The zero-order valence-corrected chi connectivity index (χ0v) is 15.5. The van der Waals surface area contributed by atoms with E-state index in [0.29, 0.717) is 19.8 Å². The first-order valence-corrected chi connectivity index (χ1v) is 9.26. The Morgan fingerprint density at radius 2 is 1.92 bits per heavy atom. The van der Waals surface area contributed by atoms with Crippen LogP contribution in [-0.4, -0.2) is 10.4 Å². The number of halogens is 1. The molecule has 0 atom stereocenters. The summed E-state index contributed by atoms with van der Waals surface area (Å²) in [5, 5.41) is 2.58. The van der Waals surface area contributed by atoms with Crippen molar-refractivity contribution in [1.29, 1.82) is 0 Å². The van der Waals surface area contributed by atoms with E-state index in [1.807, 2.05) is 24.4 Å². The van der Waals surface area contributed by atoms with Gasteiger partial charge in [0.1, 0.15) is 4.66 Å². The number of hydrogen-bond donors (Lipinski definition) is 0. The van der Waals surface area contributed by atoms with Crippen LogP contribution in [0.2, 0.25) is 5.02 Å². The lowest BCUT2D eigenvalue weighted by Gasteiger charge is -1.95. The van der Waals surface area contributed by atoms with Crippen molar-refractivity contribution in [3.8, 4) is 0 Å². The van der Waals surface area contributed by atoms with E-state index < -0.39 is 0 Å². The molecule has 0 fully saturated rings. The van der Waals surface area contributed by atoms with Crippen molar-refractivity contribution in [1.82, 2.24) is 4.57 Å². The zero-order chi connectivity index (χ0) is 17.3. The van der Waals surface area contributed by atoms with E-state index in [2.05, 4.69) is 0 Å². The highest BCUT2D eigenvalue weighted by Gasteiger charge is 2.06. The summed E-state index contributed by atoms with van der Waals surface area (Å²) in [5.74, 6) is -0.151. The molecule has 0 aliphatic carbocycles. The zero-order valence-electron chi connectivity index (χ0n) is 13.1. The van der Waals surface area contributed by atoms with Crippen molar-refractivity contribution < 1.29 is 4.79 Å². The average Bonchev–Trinajstić information content (AvgIpc) is 3.07. The molecule has 0 saturated heterocycles. The fourth-order valence-electron chi connectivity index (χ4n) is 2.17. The van der Waals surface area contributed by atoms with Gasteiger partial charge in [0.25, 0.3) is 5.56 Å². The molecule has 0 aliphatic rings. The summed E-state index contributed by atoms with van der Waals surface area (Å²) in [7, 11) is 1.68. The molecule has 2 aromatic heterocycles. The number of Topliss-reactive ketones (excluding diaryl/α,β-unsaturated/α-hetero) is 1. The monoisotopic (exact) mass is 375 g/mol. The number of aromatic nitrogens is 1. The number of ketones is 1. The largest absolute Gasteiger partial charge is 0.302 e. The normalized spacial score (nSPS) is 12.8. The summed E-state index contributed by atoms with van der Waals surface area (Å²) in [5.41, 5.74) is 1.58. The van der Waals surface area contributed by atoms with Crippen LogP contribution < -0.4 is 14.8 Å². The molecular formula is C18H14ClNO2S2. The van der Waals surface area contributed by atoms with E-state index in [-0.39, 0.29) is 11.3 Å². The standard InChI is InChI=1S/C18H14ClNO2S2/c1-11-7-8-23-15(11)10-16-18(22)20(2)17(24-16)9-14(21)12-3-5-13(19)6-4-12/h3-10H,1-2H3/b16-10-,17-9-. The van der Waals surface area contributed by atoms with Crippen LogP contribution in [0.1, 0.15) is 20.8 Å². The number of nitrogens with zero attached hydrogens (tertiary/aromatic N) is 1. The lowest BCUT2D eigenvalue weighted by atomic mass is 10.1.